The van der Waals surface area contributed by atoms with E-state index in [2.05, 4.69) is 24.0 Å². The third kappa shape index (κ3) is 3.75. The Morgan fingerprint density at radius 3 is 2.57 bits per heavy atom. The van der Waals surface area contributed by atoms with E-state index in [1.807, 2.05) is 47.4 Å². The molecule has 0 fully saturated rings. The van der Waals surface area contributed by atoms with E-state index in [-0.39, 0.29) is 0 Å². The van der Waals surface area contributed by atoms with E-state index in [9.17, 15) is 0 Å². The zero-order valence-electron chi connectivity index (χ0n) is 15.6. The molecule has 0 N–H and O–H groups in total. The molecule has 2 aromatic heterocycles. The Bertz CT molecular complexity index is 1100. The Hall–Kier alpha value is -2.43. The van der Waals surface area contributed by atoms with Gasteiger partial charge in [0, 0.05) is 46.4 Å². The molecule has 0 bridgehead atoms. The number of halogens is 2. The largest absolute Gasteiger partial charge is 0.264 e. The molecule has 0 atom stereocenters. The highest BCUT2D eigenvalue weighted by atomic mass is 35.5. The molecule has 0 saturated carbocycles. The molecule has 4 rings (SSSR count). The molecule has 0 aliphatic rings. The molecule has 0 aliphatic heterocycles. The summed E-state index contributed by atoms with van der Waals surface area (Å²) in [5, 5.41) is 8.25. The van der Waals surface area contributed by atoms with Crippen LogP contribution in [0.1, 0.15) is 31.2 Å². The van der Waals surface area contributed by atoms with Crippen LogP contribution in [0, 0.1) is 0 Å². The maximum atomic E-state index is 6.35. The van der Waals surface area contributed by atoms with Crippen molar-refractivity contribution < 1.29 is 0 Å². The Balaban J connectivity index is 1.80. The van der Waals surface area contributed by atoms with Gasteiger partial charge in [-0.2, -0.15) is 5.10 Å². The van der Waals surface area contributed by atoms with Crippen LogP contribution in [0.5, 0.6) is 0 Å². The highest BCUT2D eigenvalue weighted by molar-refractivity contribution is 6.36. The van der Waals surface area contributed by atoms with Crippen LogP contribution in [0.25, 0.3) is 22.2 Å². The summed E-state index contributed by atoms with van der Waals surface area (Å²) in [7, 11) is 0. The van der Waals surface area contributed by atoms with E-state index in [4.69, 9.17) is 33.3 Å². The van der Waals surface area contributed by atoms with Crippen LogP contribution in [-0.4, -0.2) is 19.7 Å². The summed E-state index contributed by atoms with van der Waals surface area (Å²) in [6.45, 7) is 2.99. The van der Waals surface area contributed by atoms with Gasteiger partial charge in [0.05, 0.1) is 0 Å². The van der Waals surface area contributed by atoms with Gasteiger partial charge >= 0.3 is 0 Å². The summed E-state index contributed by atoms with van der Waals surface area (Å²) in [6, 6.07) is 13.7. The van der Waals surface area contributed by atoms with Crippen molar-refractivity contribution >= 4 is 34.0 Å². The molecule has 2 aromatic carbocycles. The molecule has 0 aliphatic carbocycles. The molecular weight excluding hydrogens is 391 g/mol. The minimum Gasteiger partial charge on any atom is -0.264 e. The third-order valence-electron chi connectivity index (χ3n) is 4.76. The van der Waals surface area contributed by atoms with Gasteiger partial charge in [0.25, 0.3) is 0 Å². The number of hydrogen-bond donors (Lipinski definition) is 0. The lowest BCUT2D eigenvalue weighted by Gasteiger charge is -2.08. The summed E-state index contributed by atoms with van der Waals surface area (Å²) in [5.41, 5.74) is 1.91. The molecule has 142 valence electrons. The third-order valence-corrected chi connectivity index (χ3v) is 5.47. The molecule has 0 radical (unpaired) electrons. The van der Waals surface area contributed by atoms with E-state index >= 15 is 0 Å². The molecule has 0 spiro atoms. The van der Waals surface area contributed by atoms with Gasteiger partial charge in [-0.3, -0.25) is 4.98 Å². The van der Waals surface area contributed by atoms with E-state index in [1.54, 1.807) is 0 Å². The number of rotatable bonds is 6. The fraction of sp³-hybridized carbons (Fsp3) is 0.227. The van der Waals surface area contributed by atoms with Gasteiger partial charge in [0.2, 0.25) is 0 Å². The fourth-order valence-corrected chi connectivity index (χ4v) is 3.83. The van der Waals surface area contributed by atoms with Crippen LogP contribution in [0.2, 0.25) is 10.0 Å². The van der Waals surface area contributed by atoms with Gasteiger partial charge in [-0.05, 0) is 35.6 Å². The minimum atomic E-state index is 0.497. The summed E-state index contributed by atoms with van der Waals surface area (Å²) >= 11 is 12.7. The molecule has 28 heavy (non-hydrogen) atoms. The minimum absolute atomic E-state index is 0.497. The lowest BCUT2D eigenvalue weighted by Crippen LogP contribution is -2.03. The van der Waals surface area contributed by atoms with Crippen LogP contribution < -0.4 is 0 Å². The Morgan fingerprint density at radius 2 is 1.79 bits per heavy atom. The van der Waals surface area contributed by atoms with Gasteiger partial charge in [0.1, 0.15) is 0 Å². The average Bonchev–Trinajstić information content (AvgIpc) is 3.11. The highest BCUT2D eigenvalue weighted by Crippen LogP contribution is 2.29. The van der Waals surface area contributed by atoms with Gasteiger partial charge in [-0.15, -0.1) is 0 Å². The second-order valence-electron chi connectivity index (χ2n) is 6.71. The average molecular weight is 411 g/mol. The van der Waals surface area contributed by atoms with Crippen molar-refractivity contribution in [1.82, 2.24) is 19.7 Å². The lowest BCUT2D eigenvalue weighted by atomic mass is 10.1. The van der Waals surface area contributed by atoms with Crippen molar-refractivity contribution in [3.8, 4) is 11.4 Å². The predicted octanol–water partition coefficient (Wildman–Crippen LogP) is 6.19. The topological polar surface area (TPSA) is 43.6 Å². The monoisotopic (exact) mass is 410 g/mol. The molecule has 0 saturated heterocycles. The number of benzene rings is 2. The number of fused-ring (bicyclic) bond motifs is 1. The van der Waals surface area contributed by atoms with E-state index in [0.717, 1.165) is 47.1 Å². The number of aromatic nitrogens is 4. The van der Waals surface area contributed by atoms with Crippen molar-refractivity contribution in [2.45, 2.75) is 32.7 Å². The summed E-state index contributed by atoms with van der Waals surface area (Å²) < 4.78 is 2.00. The molecule has 0 amide bonds. The van der Waals surface area contributed by atoms with Crippen LogP contribution in [0.4, 0.5) is 0 Å². The van der Waals surface area contributed by atoms with Crippen molar-refractivity contribution in [1.29, 1.82) is 0 Å². The zero-order valence-corrected chi connectivity index (χ0v) is 17.1. The Morgan fingerprint density at radius 1 is 1.00 bits per heavy atom. The summed E-state index contributed by atoms with van der Waals surface area (Å²) in [6.07, 6.45) is 6.30. The number of unbranched alkanes of at least 4 members (excludes halogenated alkanes) is 1. The number of hydrogen-bond acceptors (Lipinski definition) is 3. The fourth-order valence-electron chi connectivity index (χ4n) is 3.30. The van der Waals surface area contributed by atoms with Gasteiger partial charge in [0.15, 0.2) is 11.6 Å². The van der Waals surface area contributed by atoms with Crippen LogP contribution in [0.3, 0.4) is 0 Å². The normalized spacial score (nSPS) is 11.2. The molecular formula is C22H20Cl2N4. The number of nitrogens with zero attached hydrogens (tertiary/aromatic N) is 4. The van der Waals surface area contributed by atoms with Crippen molar-refractivity contribution in [3.63, 3.8) is 0 Å². The standard InChI is InChI=1S/C22H20Cl2N4/c1-2-3-12-28-22(17-7-4-6-15-14-25-11-10-16(15)17)26-21(27-28)13-18-19(23)8-5-9-20(18)24/h4-11,14H,2-3,12-13H2,1H3. The van der Waals surface area contributed by atoms with Crippen molar-refractivity contribution in [3.05, 3.63) is 76.3 Å². The Labute approximate surface area is 174 Å². The van der Waals surface area contributed by atoms with Gasteiger partial charge < -0.3 is 0 Å². The van der Waals surface area contributed by atoms with E-state index in [1.165, 1.54) is 0 Å². The maximum absolute atomic E-state index is 6.35. The number of pyridine rings is 1. The molecule has 4 aromatic rings. The number of aryl methyl sites for hydroxylation is 1. The van der Waals surface area contributed by atoms with Crippen LogP contribution in [0.15, 0.2) is 54.9 Å². The summed E-state index contributed by atoms with van der Waals surface area (Å²) in [4.78, 5) is 9.10. The van der Waals surface area contributed by atoms with Crippen LogP contribution in [-0.2, 0) is 13.0 Å². The van der Waals surface area contributed by atoms with Crippen molar-refractivity contribution in [2.24, 2.45) is 0 Å². The maximum Gasteiger partial charge on any atom is 0.159 e. The molecule has 0 unspecified atom stereocenters. The highest BCUT2D eigenvalue weighted by Gasteiger charge is 2.16. The Kier molecular flexibility index (Phi) is 5.60. The van der Waals surface area contributed by atoms with E-state index in [0.29, 0.717) is 22.3 Å². The molecule has 4 nitrogen and oxygen atoms in total. The SMILES string of the molecule is CCCCn1nc(Cc2c(Cl)cccc2Cl)nc1-c1cccc2cnccc12. The zero-order chi connectivity index (χ0) is 19.5. The smallest absolute Gasteiger partial charge is 0.159 e. The first-order chi connectivity index (χ1) is 13.7. The second-order valence-corrected chi connectivity index (χ2v) is 7.52. The van der Waals surface area contributed by atoms with E-state index < -0.39 is 0 Å². The first-order valence-corrected chi connectivity index (χ1v) is 10.1. The van der Waals surface area contributed by atoms with Gasteiger partial charge in [-0.1, -0.05) is 60.8 Å². The molecule has 2 heterocycles. The van der Waals surface area contributed by atoms with Gasteiger partial charge in [-0.25, -0.2) is 9.67 Å². The second kappa shape index (κ2) is 8.29. The van der Waals surface area contributed by atoms with Crippen molar-refractivity contribution in [2.75, 3.05) is 0 Å². The predicted molar refractivity (Wildman–Crippen MR) is 115 cm³/mol. The lowest BCUT2D eigenvalue weighted by molar-refractivity contribution is 0.572. The quantitative estimate of drug-likeness (QED) is 0.380. The summed E-state index contributed by atoms with van der Waals surface area (Å²) in [5.74, 6) is 1.58. The first-order valence-electron chi connectivity index (χ1n) is 9.37. The molecule has 6 heteroatoms. The first kappa shape index (κ1) is 18.9. The van der Waals surface area contributed by atoms with Crippen LogP contribution >= 0.6 is 23.2 Å².